The molecule has 0 aliphatic rings. The van der Waals surface area contributed by atoms with E-state index in [0.29, 0.717) is 9.47 Å². The maximum Gasteiger partial charge on any atom is 0.329 e. The van der Waals surface area contributed by atoms with Gasteiger partial charge in [-0.15, -0.1) is 10.2 Å². The van der Waals surface area contributed by atoms with E-state index >= 15 is 0 Å². The van der Waals surface area contributed by atoms with Crippen molar-refractivity contribution < 1.29 is 4.79 Å². The first kappa shape index (κ1) is 18.2. The van der Waals surface area contributed by atoms with Crippen molar-refractivity contribution in [3.05, 3.63) is 26.4 Å². The van der Waals surface area contributed by atoms with Crippen LogP contribution < -0.4 is 22.3 Å². The molecule has 0 spiro atoms. The number of unbranched alkanes of at least 4 members (excludes halogenated alkanes) is 1. The van der Waals surface area contributed by atoms with E-state index in [9.17, 15) is 14.4 Å². The third kappa shape index (κ3) is 4.23. The van der Waals surface area contributed by atoms with Crippen molar-refractivity contribution in [2.75, 3.05) is 23.3 Å². The third-order valence-electron chi connectivity index (χ3n) is 3.19. The second-order valence-electron chi connectivity index (χ2n) is 4.94. The fourth-order valence-electron chi connectivity index (χ4n) is 1.82. The fraction of sp³-hybridized carbons (Fsp3) is 0.462. The number of nitrogen functional groups attached to an aromatic ring is 1. The number of nitrogens with zero attached hydrogens (tertiary/aromatic N) is 3. The summed E-state index contributed by atoms with van der Waals surface area (Å²) in [6, 6.07) is 0. The van der Waals surface area contributed by atoms with Crippen LogP contribution in [0.2, 0.25) is 0 Å². The van der Waals surface area contributed by atoms with Gasteiger partial charge in [0.2, 0.25) is 5.13 Å². The summed E-state index contributed by atoms with van der Waals surface area (Å²) >= 11 is 2.51. The smallest absolute Gasteiger partial charge is 0.329 e. The molecule has 0 saturated carbocycles. The molecule has 0 atom stereocenters. The molecule has 130 valence electrons. The Kier molecular flexibility index (Phi) is 6.15. The van der Waals surface area contributed by atoms with Crippen molar-refractivity contribution in [3.8, 4) is 0 Å². The quantitative estimate of drug-likeness (QED) is 0.351. The molecule has 4 N–H and O–H groups in total. The normalized spacial score (nSPS) is 10.8. The molecule has 2 aromatic heterocycles. The Morgan fingerprint density at radius 1 is 1.42 bits per heavy atom. The lowest BCUT2D eigenvalue weighted by Gasteiger charge is -2.06. The van der Waals surface area contributed by atoms with E-state index in [1.165, 1.54) is 30.1 Å². The van der Waals surface area contributed by atoms with Crippen molar-refractivity contribution in [3.63, 3.8) is 0 Å². The number of carbonyl (C=O) groups excluding carboxylic acids is 1. The predicted molar refractivity (Wildman–Crippen MR) is 95.1 cm³/mol. The SMILES string of the molecule is CCCCNc1nnc(SCC(=O)c2c(N)n(C)c(=O)[nH]c2=O)s1. The van der Waals surface area contributed by atoms with E-state index < -0.39 is 17.0 Å². The van der Waals surface area contributed by atoms with Crippen LogP contribution in [0.5, 0.6) is 0 Å². The molecule has 0 fully saturated rings. The summed E-state index contributed by atoms with van der Waals surface area (Å²) in [7, 11) is 1.39. The van der Waals surface area contributed by atoms with Crippen molar-refractivity contribution in [2.45, 2.75) is 24.1 Å². The molecule has 2 aromatic rings. The topological polar surface area (TPSA) is 136 Å². The molecule has 0 aliphatic carbocycles. The van der Waals surface area contributed by atoms with Crippen LogP contribution in [0.4, 0.5) is 10.9 Å². The van der Waals surface area contributed by atoms with Crippen molar-refractivity contribution in [1.29, 1.82) is 0 Å². The lowest BCUT2D eigenvalue weighted by Crippen LogP contribution is -2.35. The van der Waals surface area contributed by atoms with Gasteiger partial charge >= 0.3 is 5.69 Å². The maximum atomic E-state index is 12.2. The number of H-pyrrole nitrogens is 1. The molecule has 0 radical (unpaired) electrons. The molecule has 2 rings (SSSR count). The number of anilines is 2. The van der Waals surface area contributed by atoms with E-state index in [0.717, 1.165) is 24.0 Å². The number of ketones is 1. The second kappa shape index (κ2) is 8.11. The van der Waals surface area contributed by atoms with Gasteiger partial charge in [-0.2, -0.15) is 0 Å². The number of carbonyl (C=O) groups is 1. The van der Waals surface area contributed by atoms with Gasteiger partial charge in [-0.1, -0.05) is 36.4 Å². The zero-order chi connectivity index (χ0) is 17.7. The van der Waals surface area contributed by atoms with Gasteiger partial charge in [-0.25, -0.2) is 4.79 Å². The van der Waals surface area contributed by atoms with Gasteiger partial charge in [0.25, 0.3) is 5.56 Å². The van der Waals surface area contributed by atoms with E-state index in [-0.39, 0.29) is 17.1 Å². The number of Topliss-reactive ketones (excluding diaryl/α,β-unsaturated/α-hetero) is 1. The number of aromatic amines is 1. The Labute approximate surface area is 145 Å². The van der Waals surface area contributed by atoms with Crippen LogP contribution >= 0.6 is 23.1 Å². The molecule has 24 heavy (non-hydrogen) atoms. The van der Waals surface area contributed by atoms with Crippen molar-refractivity contribution in [1.82, 2.24) is 19.7 Å². The molecule has 11 heteroatoms. The van der Waals surface area contributed by atoms with Crippen LogP contribution in [-0.2, 0) is 7.05 Å². The standard InChI is InChI=1S/C13H18N6O3S2/c1-3-4-5-15-11-17-18-13(24-11)23-6-7(20)8-9(14)19(2)12(22)16-10(8)21/h3-6,14H2,1-2H3,(H,15,17)(H,16,21,22). The minimum Gasteiger partial charge on any atom is -0.384 e. The molecule has 0 unspecified atom stereocenters. The summed E-state index contributed by atoms with van der Waals surface area (Å²) in [6.07, 6.45) is 2.12. The lowest BCUT2D eigenvalue weighted by atomic mass is 10.2. The maximum absolute atomic E-state index is 12.2. The number of hydrogen-bond donors (Lipinski definition) is 3. The average molecular weight is 370 g/mol. The Balaban J connectivity index is 2.03. The molecular formula is C13H18N6O3S2. The molecule has 0 bridgehead atoms. The van der Waals surface area contributed by atoms with E-state index in [2.05, 4.69) is 27.4 Å². The zero-order valence-corrected chi connectivity index (χ0v) is 14.9. The molecule has 9 nitrogen and oxygen atoms in total. The summed E-state index contributed by atoms with van der Waals surface area (Å²) in [6.45, 7) is 2.92. The van der Waals surface area contributed by atoms with E-state index in [1.807, 2.05) is 0 Å². The summed E-state index contributed by atoms with van der Waals surface area (Å²) in [4.78, 5) is 37.5. The number of nitrogens with two attached hydrogens (primary N) is 1. The van der Waals surface area contributed by atoms with Crippen LogP contribution in [0.3, 0.4) is 0 Å². The van der Waals surface area contributed by atoms with Gasteiger partial charge < -0.3 is 11.1 Å². The minimum absolute atomic E-state index is 0.0188. The van der Waals surface area contributed by atoms with Gasteiger partial charge in [-0.05, 0) is 6.42 Å². The molecule has 0 aliphatic heterocycles. The Hall–Kier alpha value is -2.14. The largest absolute Gasteiger partial charge is 0.384 e. The number of hydrogen-bond acceptors (Lipinski definition) is 9. The minimum atomic E-state index is -0.777. The molecule has 2 heterocycles. The summed E-state index contributed by atoms with van der Waals surface area (Å²) in [5.41, 5.74) is 4.06. The van der Waals surface area contributed by atoms with Gasteiger partial charge in [0.1, 0.15) is 11.4 Å². The highest BCUT2D eigenvalue weighted by Crippen LogP contribution is 2.26. The second-order valence-corrected chi connectivity index (χ2v) is 7.14. The summed E-state index contributed by atoms with van der Waals surface area (Å²) < 4.78 is 1.64. The van der Waals surface area contributed by atoms with Crippen LogP contribution in [0.1, 0.15) is 30.1 Å². The van der Waals surface area contributed by atoms with Crippen LogP contribution in [-0.4, -0.2) is 37.8 Å². The number of aromatic nitrogens is 4. The first-order valence-corrected chi connectivity index (χ1v) is 9.06. The third-order valence-corrected chi connectivity index (χ3v) is 5.20. The number of nitrogens with one attached hydrogen (secondary N) is 2. The Morgan fingerprint density at radius 3 is 2.88 bits per heavy atom. The van der Waals surface area contributed by atoms with E-state index in [1.54, 1.807) is 0 Å². The predicted octanol–water partition coefficient (Wildman–Crippen LogP) is 0.694. The summed E-state index contributed by atoms with van der Waals surface area (Å²) in [5, 5.41) is 11.8. The van der Waals surface area contributed by atoms with Crippen molar-refractivity contribution in [2.24, 2.45) is 7.05 Å². The van der Waals surface area contributed by atoms with Gasteiger partial charge in [0.05, 0.1) is 5.75 Å². The lowest BCUT2D eigenvalue weighted by molar-refractivity contribution is 0.102. The first-order chi connectivity index (χ1) is 11.4. The average Bonchev–Trinajstić information content (AvgIpc) is 2.99. The highest BCUT2D eigenvalue weighted by atomic mass is 32.2. The number of thioether (sulfide) groups is 1. The summed E-state index contributed by atoms with van der Waals surface area (Å²) in [5.74, 6) is -0.631. The van der Waals surface area contributed by atoms with Crippen molar-refractivity contribution >= 4 is 39.8 Å². The first-order valence-electron chi connectivity index (χ1n) is 7.26. The van der Waals surface area contributed by atoms with Crippen LogP contribution in [0, 0.1) is 0 Å². The fourth-order valence-corrected chi connectivity index (χ4v) is 3.47. The number of rotatable bonds is 8. The molecule has 0 saturated heterocycles. The van der Waals surface area contributed by atoms with E-state index in [4.69, 9.17) is 5.73 Å². The van der Waals surface area contributed by atoms with Gasteiger partial charge in [-0.3, -0.25) is 19.1 Å². The van der Waals surface area contributed by atoms with Gasteiger partial charge in [0, 0.05) is 13.6 Å². The monoisotopic (exact) mass is 370 g/mol. The Morgan fingerprint density at radius 2 is 2.17 bits per heavy atom. The Bertz CT molecular complexity index is 841. The van der Waals surface area contributed by atoms with Crippen LogP contribution in [0.25, 0.3) is 0 Å². The molecular weight excluding hydrogens is 352 g/mol. The van der Waals surface area contributed by atoms with Gasteiger partial charge in [0.15, 0.2) is 10.1 Å². The highest BCUT2D eigenvalue weighted by Gasteiger charge is 2.19. The highest BCUT2D eigenvalue weighted by molar-refractivity contribution is 8.01. The molecule has 0 amide bonds. The molecule has 0 aromatic carbocycles. The van der Waals surface area contributed by atoms with Crippen LogP contribution in [0.15, 0.2) is 13.9 Å². The zero-order valence-electron chi connectivity index (χ0n) is 13.3.